The van der Waals surface area contributed by atoms with E-state index < -0.39 is 24.2 Å². The molecule has 0 amide bonds. The van der Waals surface area contributed by atoms with Crippen molar-refractivity contribution in [2.45, 2.75) is 73.1 Å². The molecule has 0 aliphatic carbocycles. The van der Waals surface area contributed by atoms with Crippen LogP contribution in [0.2, 0.25) is 52.4 Å². The van der Waals surface area contributed by atoms with E-state index in [1.165, 1.54) is 66.4 Å². The number of para-hydroxylation sites is 1. The Kier molecular flexibility index (Phi) is 21.8. The summed E-state index contributed by atoms with van der Waals surface area (Å²) in [6.07, 6.45) is 7.27. The van der Waals surface area contributed by atoms with Gasteiger partial charge in [-0.15, -0.1) is 65.7 Å². The molecule has 85 heavy (non-hydrogen) atoms. The summed E-state index contributed by atoms with van der Waals surface area (Å²) in [7, 11) is -4.37. The fourth-order valence-corrected chi connectivity index (χ4v) is 15.3. The number of carbonyl (C=O) groups is 1. The third-order valence-corrected chi connectivity index (χ3v) is 23.4. The average molecular weight is 1720 g/mol. The predicted octanol–water partition coefficient (Wildman–Crippen LogP) is 17.1. The molecule has 0 saturated heterocycles. The van der Waals surface area contributed by atoms with Gasteiger partial charge in [0, 0.05) is 100 Å². The van der Waals surface area contributed by atoms with Crippen LogP contribution in [-0.4, -0.2) is 50.1 Å². The molecule has 0 bridgehead atoms. The summed E-state index contributed by atoms with van der Waals surface area (Å²) < 4.78 is 14.7. The molecular formula is C71H66Ir3N3O4SSi3-3. The van der Waals surface area contributed by atoms with Gasteiger partial charge >= 0.3 is 0 Å². The van der Waals surface area contributed by atoms with Gasteiger partial charge in [-0.2, -0.15) is 11.3 Å². The van der Waals surface area contributed by atoms with Crippen molar-refractivity contribution in [3.05, 3.63) is 224 Å². The number of aromatic nitrogens is 3. The van der Waals surface area contributed by atoms with Gasteiger partial charge in [0.2, 0.25) is 0 Å². The summed E-state index contributed by atoms with van der Waals surface area (Å²) in [6, 6.07) is 69.3. The molecule has 0 fully saturated rings. The number of aliphatic hydroxyl groups excluding tert-OH is 1. The zero-order valence-electron chi connectivity index (χ0n) is 49.4. The minimum absolute atomic E-state index is 0. The third-order valence-electron chi connectivity index (χ3n) is 14.7. The SMILES string of the molecule is CC(=O)C=C(C)O.C[Si](C)(C)c1ccc(-c2[c-]cc3oc4ccccc4c3c2)nc1.C[Si](C)(C)c1ccc(-c2[c-]cc3sc4ccccc4c3c2)nc1.Cc1ccc2c(c1)oc1c(-c3ccc([Si](C)(C)c4ccccc4)cn3)[c-]ccc12.[Ir].[Ir].[Ir]. The molecule has 14 heteroatoms. The molecule has 0 aliphatic rings. The second-order valence-electron chi connectivity index (χ2n) is 23.3. The normalized spacial score (nSPS) is 11.6. The van der Waals surface area contributed by atoms with Gasteiger partial charge in [0.05, 0.1) is 33.1 Å². The summed E-state index contributed by atoms with van der Waals surface area (Å²) in [5.41, 5.74) is 10.6. The molecule has 0 atom stereocenters. The van der Waals surface area contributed by atoms with Crippen LogP contribution in [0.25, 0.3) is 97.8 Å². The molecule has 0 spiro atoms. The van der Waals surface area contributed by atoms with Crippen molar-refractivity contribution in [3.63, 3.8) is 0 Å². The first-order valence-corrected chi connectivity index (χ1v) is 38.4. The first-order valence-electron chi connectivity index (χ1n) is 27.5. The molecule has 1 N–H and O–H groups in total. The summed E-state index contributed by atoms with van der Waals surface area (Å²) >= 11 is 1.83. The zero-order valence-corrected chi connectivity index (χ0v) is 60.4. The minimum Gasteiger partial charge on any atom is -0.512 e. The van der Waals surface area contributed by atoms with Gasteiger partial charge in [-0.1, -0.05) is 195 Å². The van der Waals surface area contributed by atoms with E-state index in [1.54, 1.807) is 0 Å². The Morgan fingerprint density at radius 3 is 1.64 bits per heavy atom. The maximum Gasteiger partial charge on any atom is 0.155 e. The van der Waals surface area contributed by atoms with E-state index in [0.29, 0.717) is 0 Å². The Morgan fingerprint density at radius 2 is 1.05 bits per heavy atom. The minimum atomic E-state index is -1.76. The van der Waals surface area contributed by atoms with Crippen LogP contribution in [0.3, 0.4) is 0 Å². The van der Waals surface area contributed by atoms with Crippen LogP contribution in [0.15, 0.2) is 209 Å². The number of pyridine rings is 3. The molecule has 6 heterocycles. The number of hydrogen-bond donors (Lipinski definition) is 1. The smallest absolute Gasteiger partial charge is 0.155 e. The number of benzene rings is 7. The van der Waals surface area contributed by atoms with Crippen LogP contribution < -0.4 is 20.7 Å². The van der Waals surface area contributed by atoms with Crippen molar-refractivity contribution in [2.75, 3.05) is 0 Å². The van der Waals surface area contributed by atoms with Crippen molar-refractivity contribution < 1.29 is 79.1 Å². The summed E-state index contributed by atoms with van der Waals surface area (Å²) in [5, 5.41) is 21.0. The Balaban J connectivity index is 0.000000171. The van der Waals surface area contributed by atoms with Crippen molar-refractivity contribution in [2.24, 2.45) is 0 Å². The summed E-state index contributed by atoms with van der Waals surface area (Å²) in [4.78, 5) is 24.2. The van der Waals surface area contributed by atoms with Gasteiger partial charge in [0.1, 0.15) is 19.2 Å². The second kappa shape index (κ2) is 28.0. The molecular weight excluding hydrogens is 1650 g/mol. The maximum atomic E-state index is 10.0. The number of hydrogen-bond acceptors (Lipinski definition) is 8. The zero-order chi connectivity index (χ0) is 57.9. The molecule has 13 rings (SSSR count). The Labute approximate surface area is 546 Å². The molecule has 6 aromatic heterocycles. The number of rotatable bonds is 8. The molecule has 0 aliphatic heterocycles. The predicted molar refractivity (Wildman–Crippen MR) is 354 cm³/mol. The second-order valence-corrected chi connectivity index (χ2v) is 39.0. The van der Waals surface area contributed by atoms with Gasteiger partial charge in [0.25, 0.3) is 0 Å². The van der Waals surface area contributed by atoms with Gasteiger partial charge in [-0.25, -0.2) is 0 Å². The molecule has 437 valence electrons. The number of fused-ring (bicyclic) bond motifs is 9. The fourth-order valence-electron chi connectivity index (χ4n) is 9.90. The number of aliphatic hydroxyl groups is 1. The van der Waals surface area contributed by atoms with E-state index in [1.807, 2.05) is 60.3 Å². The number of thiophene rings is 1. The molecule has 3 radical (unpaired) electrons. The Bertz CT molecular complexity index is 4280. The number of nitrogens with zero attached hydrogens (tertiary/aromatic N) is 3. The molecule has 0 unspecified atom stereocenters. The van der Waals surface area contributed by atoms with Gasteiger partial charge in [-0.3, -0.25) is 4.79 Å². The molecule has 7 nitrogen and oxygen atoms in total. The first kappa shape index (κ1) is 66.1. The summed E-state index contributed by atoms with van der Waals surface area (Å²) in [6.45, 7) is 23.7. The van der Waals surface area contributed by atoms with Gasteiger partial charge in [-0.05, 0) is 87.3 Å². The van der Waals surface area contributed by atoms with Gasteiger partial charge in [0.15, 0.2) is 5.78 Å². The largest absolute Gasteiger partial charge is 0.512 e. The van der Waals surface area contributed by atoms with E-state index in [2.05, 4.69) is 222 Å². The number of allylic oxidation sites excluding steroid dienone is 2. The maximum absolute atomic E-state index is 10.0. The van der Waals surface area contributed by atoms with E-state index in [9.17, 15) is 4.79 Å². The topological polar surface area (TPSA) is 102 Å². The Morgan fingerprint density at radius 1 is 0.494 bits per heavy atom. The number of carbonyl (C=O) groups excluding carboxylic acids is 1. The van der Waals surface area contributed by atoms with Crippen LogP contribution >= 0.6 is 11.3 Å². The van der Waals surface area contributed by atoms with Crippen LogP contribution in [0.5, 0.6) is 0 Å². The average Bonchev–Trinajstić information content (AvgIpc) is 2.67. The molecule has 13 aromatic rings. The van der Waals surface area contributed by atoms with Crippen LogP contribution in [0.1, 0.15) is 19.4 Å². The van der Waals surface area contributed by atoms with Crippen LogP contribution in [0, 0.1) is 25.1 Å². The number of furan rings is 2. The van der Waals surface area contributed by atoms with E-state index in [0.717, 1.165) is 77.6 Å². The van der Waals surface area contributed by atoms with E-state index in [4.69, 9.17) is 23.9 Å². The standard InChI is InChI=1S/C26H22NOSi.C20H18NOSi.C20H18NSSi.C5H8O2.3Ir/c1-18-12-14-21-22-10-7-11-23(26(22)28-25(21)16-18)24-15-13-20(17-27-24)29(2,3)19-8-5-4-6-9-19;2*1-23(2,3)15-9-10-18(21-13-15)14-8-11-20-17(12-14)16-6-4-5-7-19(16)22-20;1-4(6)3-5(2)7;;;/h4-10,12-17H,1-3H3;2*4-7,9-13H,1-3H3;3,6H,1-2H3;;;/q3*-1;;;;. The number of aryl methyl sites for hydroxylation is 1. The third kappa shape index (κ3) is 15.2. The van der Waals surface area contributed by atoms with Crippen molar-refractivity contribution in [1.29, 1.82) is 0 Å². The molecule has 7 aromatic carbocycles. The number of ketones is 1. The van der Waals surface area contributed by atoms with Crippen LogP contribution in [-0.2, 0) is 65.1 Å². The van der Waals surface area contributed by atoms with Crippen molar-refractivity contribution >= 4 is 126 Å². The molecule has 0 saturated carbocycles. The quantitative estimate of drug-likeness (QED) is 0.0700. The first-order chi connectivity index (χ1) is 39.2. The monoisotopic (exact) mass is 1720 g/mol. The van der Waals surface area contributed by atoms with Crippen molar-refractivity contribution in [1.82, 2.24) is 15.0 Å². The van der Waals surface area contributed by atoms with Crippen molar-refractivity contribution in [3.8, 4) is 33.8 Å². The Hall–Kier alpha value is -6.38. The fraction of sp³-hybridized carbons (Fsp3) is 0.155. The summed E-state index contributed by atoms with van der Waals surface area (Å²) in [5.74, 6) is -0.0625. The van der Waals surface area contributed by atoms with Crippen LogP contribution in [0.4, 0.5) is 0 Å². The van der Waals surface area contributed by atoms with E-state index >= 15 is 0 Å². The van der Waals surface area contributed by atoms with Gasteiger partial charge < -0.3 is 28.9 Å². The van der Waals surface area contributed by atoms with E-state index in [-0.39, 0.29) is 71.9 Å².